The van der Waals surface area contributed by atoms with E-state index < -0.39 is 0 Å². The summed E-state index contributed by atoms with van der Waals surface area (Å²) in [6, 6.07) is 0. The fraction of sp³-hybridized carbons (Fsp3) is 0.667. The highest BCUT2D eigenvalue weighted by Crippen LogP contribution is 2.12. The van der Waals surface area contributed by atoms with E-state index in [9.17, 15) is 0 Å². The van der Waals surface area contributed by atoms with E-state index in [-0.39, 0.29) is 0 Å². The van der Waals surface area contributed by atoms with Gasteiger partial charge in [-0.25, -0.2) is 4.98 Å². The van der Waals surface area contributed by atoms with Gasteiger partial charge in [0.2, 0.25) is 0 Å². The zero-order valence-corrected chi connectivity index (χ0v) is 9.10. The first-order valence-corrected chi connectivity index (χ1v) is 5.97. The maximum Gasteiger partial charge on any atom is 0.126 e. The van der Waals surface area contributed by atoms with Crippen LogP contribution in [0.2, 0.25) is 0 Å². The van der Waals surface area contributed by atoms with Gasteiger partial charge in [-0.05, 0) is 18.4 Å². The molecule has 0 amide bonds. The Kier molecular flexibility index (Phi) is 4.15. The SMILES string of the molecule is CCCn1cnc(CCSC)c1N. The number of imidazole rings is 1. The summed E-state index contributed by atoms with van der Waals surface area (Å²) in [5, 5.41) is 0. The summed E-state index contributed by atoms with van der Waals surface area (Å²) in [5.41, 5.74) is 6.97. The summed E-state index contributed by atoms with van der Waals surface area (Å²) in [6.07, 6.45) is 6.01. The van der Waals surface area contributed by atoms with Crippen molar-refractivity contribution in [3.05, 3.63) is 12.0 Å². The Bertz CT molecular complexity index is 257. The van der Waals surface area contributed by atoms with E-state index in [1.165, 1.54) is 0 Å². The highest BCUT2D eigenvalue weighted by Gasteiger charge is 2.05. The lowest BCUT2D eigenvalue weighted by Gasteiger charge is -2.02. The van der Waals surface area contributed by atoms with Crippen LogP contribution in [0, 0.1) is 0 Å². The van der Waals surface area contributed by atoms with Gasteiger partial charge in [0.05, 0.1) is 12.0 Å². The number of thioether (sulfide) groups is 1. The van der Waals surface area contributed by atoms with Crippen LogP contribution in [0.1, 0.15) is 19.0 Å². The Hall–Kier alpha value is -0.640. The summed E-state index contributed by atoms with van der Waals surface area (Å²) in [6.45, 7) is 3.11. The lowest BCUT2D eigenvalue weighted by molar-refractivity contribution is 0.686. The zero-order valence-electron chi connectivity index (χ0n) is 8.29. The van der Waals surface area contributed by atoms with Gasteiger partial charge in [-0.3, -0.25) is 0 Å². The lowest BCUT2D eigenvalue weighted by Crippen LogP contribution is -2.03. The second-order valence-corrected chi connectivity index (χ2v) is 4.00. The summed E-state index contributed by atoms with van der Waals surface area (Å²) in [7, 11) is 0. The maximum absolute atomic E-state index is 5.92. The number of nitrogens with zero attached hydrogens (tertiary/aromatic N) is 2. The Morgan fingerprint density at radius 2 is 2.38 bits per heavy atom. The third-order valence-electron chi connectivity index (χ3n) is 1.97. The van der Waals surface area contributed by atoms with Crippen LogP contribution in [-0.4, -0.2) is 21.6 Å². The molecule has 0 aliphatic heterocycles. The highest BCUT2D eigenvalue weighted by molar-refractivity contribution is 7.98. The first-order valence-electron chi connectivity index (χ1n) is 4.58. The molecule has 1 aromatic rings. The quantitative estimate of drug-likeness (QED) is 0.786. The second kappa shape index (κ2) is 5.17. The Morgan fingerprint density at radius 1 is 1.62 bits per heavy atom. The van der Waals surface area contributed by atoms with E-state index in [1.54, 1.807) is 0 Å². The molecule has 1 aromatic heterocycles. The van der Waals surface area contributed by atoms with Gasteiger partial charge in [0.25, 0.3) is 0 Å². The number of aryl methyl sites for hydroxylation is 2. The molecule has 0 fully saturated rings. The minimum Gasteiger partial charge on any atom is -0.384 e. The van der Waals surface area contributed by atoms with Crippen molar-refractivity contribution in [1.82, 2.24) is 9.55 Å². The third kappa shape index (κ3) is 2.66. The van der Waals surface area contributed by atoms with Crippen LogP contribution in [0.5, 0.6) is 0 Å². The molecule has 2 N–H and O–H groups in total. The fourth-order valence-corrected chi connectivity index (χ4v) is 1.64. The Balaban J connectivity index is 2.62. The fourth-order valence-electron chi connectivity index (χ4n) is 1.24. The second-order valence-electron chi connectivity index (χ2n) is 3.01. The molecule has 0 saturated carbocycles. The van der Waals surface area contributed by atoms with E-state index >= 15 is 0 Å². The molecule has 0 aliphatic rings. The molecule has 0 radical (unpaired) electrons. The number of nitrogens with two attached hydrogens (primary N) is 1. The summed E-state index contributed by atoms with van der Waals surface area (Å²) >= 11 is 1.82. The van der Waals surface area contributed by atoms with Crippen molar-refractivity contribution in [2.45, 2.75) is 26.3 Å². The summed E-state index contributed by atoms with van der Waals surface area (Å²) in [5.74, 6) is 1.93. The molecule has 0 atom stereocenters. The molecule has 13 heavy (non-hydrogen) atoms. The monoisotopic (exact) mass is 199 g/mol. The van der Waals surface area contributed by atoms with Crippen LogP contribution < -0.4 is 5.73 Å². The normalized spacial score (nSPS) is 10.6. The molecule has 0 spiro atoms. The van der Waals surface area contributed by atoms with Crippen LogP contribution in [-0.2, 0) is 13.0 Å². The molecule has 1 rings (SSSR count). The van der Waals surface area contributed by atoms with Gasteiger partial charge < -0.3 is 10.3 Å². The molecule has 0 unspecified atom stereocenters. The predicted molar refractivity (Wildman–Crippen MR) is 59.0 cm³/mol. The van der Waals surface area contributed by atoms with E-state index in [1.807, 2.05) is 22.7 Å². The molecule has 1 heterocycles. The van der Waals surface area contributed by atoms with Gasteiger partial charge in [-0.1, -0.05) is 6.92 Å². The average Bonchev–Trinajstić information content (AvgIpc) is 2.46. The molecule has 0 aromatic carbocycles. The third-order valence-corrected chi connectivity index (χ3v) is 2.58. The number of hydrogen-bond donors (Lipinski definition) is 1. The lowest BCUT2D eigenvalue weighted by atomic mass is 10.3. The Labute approximate surface area is 83.7 Å². The van der Waals surface area contributed by atoms with Crippen molar-refractivity contribution in [2.75, 3.05) is 17.7 Å². The van der Waals surface area contributed by atoms with E-state index in [0.29, 0.717) is 0 Å². The minimum absolute atomic E-state index is 0.843. The summed E-state index contributed by atoms with van der Waals surface area (Å²) in [4.78, 5) is 4.30. The molecular formula is C9H17N3S. The van der Waals surface area contributed by atoms with Gasteiger partial charge in [0.15, 0.2) is 0 Å². The van der Waals surface area contributed by atoms with E-state index in [0.717, 1.165) is 36.7 Å². The van der Waals surface area contributed by atoms with Crippen molar-refractivity contribution in [3.8, 4) is 0 Å². The van der Waals surface area contributed by atoms with Crippen LogP contribution in [0.15, 0.2) is 6.33 Å². The highest BCUT2D eigenvalue weighted by atomic mass is 32.2. The van der Waals surface area contributed by atoms with Crippen molar-refractivity contribution < 1.29 is 0 Å². The average molecular weight is 199 g/mol. The molecule has 0 bridgehead atoms. The van der Waals surface area contributed by atoms with Gasteiger partial charge in [-0.15, -0.1) is 0 Å². The first-order chi connectivity index (χ1) is 6.29. The molecular weight excluding hydrogens is 182 g/mol. The van der Waals surface area contributed by atoms with E-state index in [2.05, 4.69) is 18.2 Å². The van der Waals surface area contributed by atoms with Crippen LogP contribution in [0.4, 0.5) is 5.82 Å². The maximum atomic E-state index is 5.92. The molecule has 4 heteroatoms. The predicted octanol–water partition coefficient (Wildman–Crippen LogP) is 1.78. The van der Waals surface area contributed by atoms with Gasteiger partial charge >= 0.3 is 0 Å². The number of hydrogen-bond acceptors (Lipinski definition) is 3. The number of anilines is 1. The van der Waals surface area contributed by atoms with Crippen LogP contribution >= 0.6 is 11.8 Å². The molecule has 3 nitrogen and oxygen atoms in total. The van der Waals surface area contributed by atoms with Gasteiger partial charge in [-0.2, -0.15) is 11.8 Å². The number of rotatable bonds is 5. The standard InChI is InChI=1S/C9H17N3S/c1-3-5-12-7-11-8(9(12)10)4-6-13-2/h7H,3-6,10H2,1-2H3. The van der Waals surface area contributed by atoms with Gasteiger partial charge in [0.1, 0.15) is 5.82 Å². The van der Waals surface area contributed by atoms with E-state index in [4.69, 9.17) is 5.73 Å². The Morgan fingerprint density at radius 3 is 3.00 bits per heavy atom. The summed E-state index contributed by atoms with van der Waals surface area (Å²) < 4.78 is 2.02. The topological polar surface area (TPSA) is 43.8 Å². The van der Waals surface area contributed by atoms with Crippen LogP contribution in [0.25, 0.3) is 0 Å². The van der Waals surface area contributed by atoms with Crippen molar-refractivity contribution in [2.24, 2.45) is 0 Å². The zero-order chi connectivity index (χ0) is 9.68. The molecule has 74 valence electrons. The van der Waals surface area contributed by atoms with Crippen LogP contribution in [0.3, 0.4) is 0 Å². The molecule has 0 aliphatic carbocycles. The van der Waals surface area contributed by atoms with Crippen molar-refractivity contribution in [3.63, 3.8) is 0 Å². The minimum atomic E-state index is 0.843. The smallest absolute Gasteiger partial charge is 0.126 e. The molecule has 0 saturated heterocycles. The number of aromatic nitrogens is 2. The first kappa shape index (κ1) is 10.4. The van der Waals surface area contributed by atoms with Crippen molar-refractivity contribution in [1.29, 1.82) is 0 Å². The largest absolute Gasteiger partial charge is 0.384 e. The number of nitrogen functional groups attached to an aromatic ring is 1. The van der Waals surface area contributed by atoms with Gasteiger partial charge in [0, 0.05) is 13.0 Å². The van der Waals surface area contributed by atoms with Crippen molar-refractivity contribution >= 4 is 17.6 Å².